The fourth-order valence-corrected chi connectivity index (χ4v) is 2.28. The van der Waals surface area contributed by atoms with Crippen LogP contribution in [0.15, 0.2) is 30.6 Å². The molecule has 2 aromatic rings. The number of nitrogens with one attached hydrogen (secondary N) is 2. The minimum Gasteiger partial charge on any atom is -0.355 e. The van der Waals surface area contributed by atoms with Crippen LogP contribution in [0.1, 0.15) is 16.2 Å². The summed E-state index contributed by atoms with van der Waals surface area (Å²) < 4.78 is 1.96. The van der Waals surface area contributed by atoms with Gasteiger partial charge in [-0.1, -0.05) is 11.6 Å². The predicted octanol–water partition coefficient (Wildman–Crippen LogP) is 2.37. The number of amides is 3. The fraction of sp³-hybridized carbons (Fsp3) is 0.312. The number of aryl methyl sites for hydroxylation is 1. The Kier molecular flexibility index (Phi) is 5.81. The summed E-state index contributed by atoms with van der Waals surface area (Å²) in [4.78, 5) is 29.7. The lowest BCUT2D eigenvalue weighted by molar-refractivity contribution is 0.0963. The highest BCUT2D eigenvalue weighted by Crippen LogP contribution is 2.23. The molecule has 0 fully saturated rings. The maximum atomic E-state index is 12.3. The predicted molar refractivity (Wildman–Crippen MR) is 93.5 cm³/mol. The van der Waals surface area contributed by atoms with Crippen molar-refractivity contribution < 1.29 is 9.59 Å². The van der Waals surface area contributed by atoms with Gasteiger partial charge in [0.2, 0.25) is 0 Å². The number of hydrogen-bond acceptors (Lipinski definition) is 3. The largest absolute Gasteiger partial charge is 0.355 e. The molecule has 7 nitrogen and oxygen atoms in total. The average molecular weight is 350 g/mol. The molecule has 0 unspecified atom stereocenters. The summed E-state index contributed by atoms with van der Waals surface area (Å²) >= 11 is 6.09. The first-order valence-corrected chi connectivity index (χ1v) is 7.81. The summed E-state index contributed by atoms with van der Waals surface area (Å²) in [5, 5.41) is 5.63. The maximum Gasteiger partial charge on any atom is 0.321 e. The normalized spacial score (nSPS) is 10.3. The summed E-state index contributed by atoms with van der Waals surface area (Å²) in [6, 6.07) is 4.43. The van der Waals surface area contributed by atoms with E-state index in [4.69, 9.17) is 11.6 Å². The molecule has 2 N–H and O–H groups in total. The monoisotopic (exact) mass is 349 g/mol. The standard InChI is InChI=1S/C16H20ClN5O2/c1-11-19-6-7-22(11)9-8-21(3)16(24)20-14-10-12(15(23)18-2)4-5-13(14)17/h4-7,10H,8-9H2,1-3H3,(H,18,23)(H,20,24). The van der Waals surface area contributed by atoms with E-state index in [0.717, 1.165) is 5.82 Å². The highest BCUT2D eigenvalue weighted by atomic mass is 35.5. The van der Waals surface area contributed by atoms with E-state index in [1.165, 1.54) is 0 Å². The van der Waals surface area contributed by atoms with Gasteiger partial charge in [-0.15, -0.1) is 0 Å². The molecule has 1 aromatic carbocycles. The first-order chi connectivity index (χ1) is 11.4. The van der Waals surface area contributed by atoms with E-state index in [0.29, 0.717) is 29.4 Å². The molecule has 0 aliphatic rings. The van der Waals surface area contributed by atoms with Crippen LogP contribution in [-0.4, -0.2) is 47.0 Å². The molecule has 0 saturated carbocycles. The molecule has 0 bridgehead atoms. The van der Waals surface area contributed by atoms with Crippen molar-refractivity contribution in [2.24, 2.45) is 0 Å². The van der Waals surface area contributed by atoms with Crippen LogP contribution in [0.3, 0.4) is 0 Å². The van der Waals surface area contributed by atoms with Crippen LogP contribution in [-0.2, 0) is 6.54 Å². The van der Waals surface area contributed by atoms with Crippen molar-refractivity contribution in [3.05, 3.63) is 47.0 Å². The van der Waals surface area contributed by atoms with Gasteiger partial charge in [-0.3, -0.25) is 4.79 Å². The number of rotatable bonds is 5. The summed E-state index contributed by atoms with van der Waals surface area (Å²) in [6.07, 6.45) is 3.59. The number of carbonyl (C=O) groups excluding carboxylic acids is 2. The third-order valence-electron chi connectivity index (χ3n) is 3.64. The van der Waals surface area contributed by atoms with Gasteiger partial charge >= 0.3 is 6.03 Å². The Morgan fingerprint density at radius 1 is 1.38 bits per heavy atom. The van der Waals surface area contributed by atoms with Crippen LogP contribution >= 0.6 is 11.6 Å². The molecule has 0 atom stereocenters. The van der Waals surface area contributed by atoms with E-state index in [-0.39, 0.29) is 11.9 Å². The lowest BCUT2D eigenvalue weighted by Crippen LogP contribution is -2.34. The Morgan fingerprint density at radius 2 is 2.12 bits per heavy atom. The van der Waals surface area contributed by atoms with Crippen LogP contribution in [0, 0.1) is 6.92 Å². The van der Waals surface area contributed by atoms with Crippen LogP contribution in [0.4, 0.5) is 10.5 Å². The van der Waals surface area contributed by atoms with Gasteiger partial charge in [0.05, 0.1) is 10.7 Å². The number of carbonyl (C=O) groups is 2. The minimum atomic E-state index is -0.302. The van der Waals surface area contributed by atoms with Crippen molar-refractivity contribution >= 4 is 29.2 Å². The molecule has 1 heterocycles. The summed E-state index contributed by atoms with van der Waals surface area (Å²) in [5.74, 6) is 0.649. The third-order valence-corrected chi connectivity index (χ3v) is 3.97. The van der Waals surface area contributed by atoms with Gasteiger partial charge in [0.25, 0.3) is 5.91 Å². The smallest absolute Gasteiger partial charge is 0.321 e. The molecule has 0 radical (unpaired) electrons. The summed E-state index contributed by atoms with van der Waals surface area (Å²) in [7, 11) is 3.24. The Bertz CT molecular complexity index is 744. The number of urea groups is 1. The van der Waals surface area contributed by atoms with Crippen LogP contribution in [0.5, 0.6) is 0 Å². The lowest BCUT2D eigenvalue weighted by atomic mass is 10.2. The molecule has 1 aromatic heterocycles. The van der Waals surface area contributed by atoms with Crippen molar-refractivity contribution in [3.8, 4) is 0 Å². The lowest BCUT2D eigenvalue weighted by Gasteiger charge is -2.19. The van der Waals surface area contributed by atoms with E-state index in [9.17, 15) is 9.59 Å². The number of imidazole rings is 1. The molecule has 128 valence electrons. The number of nitrogens with zero attached hydrogens (tertiary/aromatic N) is 3. The third kappa shape index (κ3) is 4.26. The molecular formula is C16H20ClN5O2. The number of hydrogen-bond donors (Lipinski definition) is 2. The molecule has 0 spiro atoms. The Balaban J connectivity index is 2.00. The summed E-state index contributed by atoms with van der Waals surface area (Å²) in [5.41, 5.74) is 0.822. The summed E-state index contributed by atoms with van der Waals surface area (Å²) in [6.45, 7) is 3.06. The number of benzene rings is 1. The number of aromatic nitrogens is 2. The van der Waals surface area contributed by atoms with Crippen molar-refractivity contribution in [1.82, 2.24) is 19.8 Å². The van der Waals surface area contributed by atoms with E-state index in [1.807, 2.05) is 17.7 Å². The van der Waals surface area contributed by atoms with Crippen LogP contribution in [0.2, 0.25) is 5.02 Å². The van der Waals surface area contributed by atoms with Gasteiger partial charge in [0.15, 0.2) is 0 Å². The highest BCUT2D eigenvalue weighted by Gasteiger charge is 2.13. The van der Waals surface area contributed by atoms with Gasteiger partial charge < -0.3 is 20.1 Å². The molecular weight excluding hydrogens is 330 g/mol. The number of halogens is 1. The van der Waals surface area contributed by atoms with Crippen molar-refractivity contribution in [2.45, 2.75) is 13.5 Å². The van der Waals surface area contributed by atoms with Crippen LogP contribution in [0.25, 0.3) is 0 Å². The molecule has 8 heteroatoms. The number of anilines is 1. The van der Waals surface area contributed by atoms with Gasteiger partial charge in [0.1, 0.15) is 5.82 Å². The van der Waals surface area contributed by atoms with E-state index in [1.54, 1.807) is 43.4 Å². The van der Waals surface area contributed by atoms with E-state index >= 15 is 0 Å². The van der Waals surface area contributed by atoms with Gasteiger partial charge in [-0.2, -0.15) is 0 Å². The van der Waals surface area contributed by atoms with Gasteiger partial charge in [-0.05, 0) is 25.1 Å². The molecule has 2 rings (SSSR count). The van der Waals surface area contributed by atoms with Crippen molar-refractivity contribution in [3.63, 3.8) is 0 Å². The Labute approximate surface area is 145 Å². The topological polar surface area (TPSA) is 79.3 Å². The average Bonchev–Trinajstić information content (AvgIpc) is 2.98. The molecule has 0 aliphatic carbocycles. The number of likely N-dealkylation sites (N-methyl/N-ethyl adjacent to an activating group) is 1. The Morgan fingerprint density at radius 3 is 2.75 bits per heavy atom. The SMILES string of the molecule is CNC(=O)c1ccc(Cl)c(NC(=O)N(C)CCn2ccnc2C)c1. The first-order valence-electron chi connectivity index (χ1n) is 7.44. The zero-order chi connectivity index (χ0) is 17.7. The Hall–Kier alpha value is -2.54. The highest BCUT2D eigenvalue weighted by molar-refractivity contribution is 6.33. The quantitative estimate of drug-likeness (QED) is 0.869. The second kappa shape index (κ2) is 7.83. The maximum absolute atomic E-state index is 12.3. The first kappa shape index (κ1) is 17.8. The second-order valence-electron chi connectivity index (χ2n) is 5.29. The zero-order valence-electron chi connectivity index (χ0n) is 13.8. The molecule has 24 heavy (non-hydrogen) atoms. The zero-order valence-corrected chi connectivity index (χ0v) is 14.6. The van der Waals surface area contributed by atoms with Gasteiger partial charge in [-0.25, -0.2) is 9.78 Å². The molecule has 0 saturated heterocycles. The fourth-order valence-electron chi connectivity index (χ4n) is 2.12. The minimum absolute atomic E-state index is 0.244. The molecule has 3 amide bonds. The van der Waals surface area contributed by atoms with E-state index < -0.39 is 0 Å². The van der Waals surface area contributed by atoms with Gasteiger partial charge in [0, 0.05) is 45.1 Å². The van der Waals surface area contributed by atoms with Crippen molar-refractivity contribution in [1.29, 1.82) is 0 Å². The molecule has 0 aliphatic heterocycles. The second-order valence-corrected chi connectivity index (χ2v) is 5.70. The van der Waals surface area contributed by atoms with Crippen LogP contribution < -0.4 is 10.6 Å². The van der Waals surface area contributed by atoms with E-state index in [2.05, 4.69) is 15.6 Å². The van der Waals surface area contributed by atoms with Crippen molar-refractivity contribution in [2.75, 3.05) is 26.0 Å².